The van der Waals surface area contributed by atoms with Gasteiger partial charge in [-0.15, -0.1) is 0 Å². The van der Waals surface area contributed by atoms with Crippen LogP contribution in [0.25, 0.3) is 11.0 Å². The van der Waals surface area contributed by atoms with Crippen molar-refractivity contribution in [1.29, 1.82) is 0 Å². The molecule has 2 aliphatic heterocycles. The molecule has 5 rings (SSSR count). The minimum absolute atomic E-state index is 0.0758. The summed E-state index contributed by atoms with van der Waals surface area (Å²) in [5, 5.41) is 0. The van der Waals surface area contributed by atoms with Gasteiger partial charge in [0.25, 0.3) is 0 Å². The number of imidazole rings is 1. The number of hydrogen-bond acceptors (Lipinski definition) is 3. The zero-order valence-corrected chi connectivity index (χ0v) is 16.3. The number of amides is 2. The van der Waals surface area contributed by atoms with Crippen molar-refractivity contribution in [2.24, 2.45) is 0 Å². The molecular weight excluding hydrogens is 352 g/mol. The Morgan fingerprint density at radius 3 is 2.61 bits per heavy atom. The molecule has 1 unspecified atom stereocenters. The van der Waals surface area contributed by atoms with Gasteiger partial charge < -0.3 is 14.4 Å². The van der Waals surface area contributed by atoms with Crippen LogP contribution in [0.5, 0.6) is 0 Å². The van der Waals surface area contributed by atoms with Crippen LogP contribution in [0.1, 0.15) is 56.7 Å². The van der Waals surface area contributed by atoms with E-state index in [1.165, 1.54) is 12.8 Å². The number of carbonyl (C=O) groups excluding carboxylic acids is 2. The lowest BCUT2D eigenvalue weighted by atomic mass is 10.1. The Hall–Kier alpha value is -2.37. The molecule has 0 N–H and O–H groups in total. The van der Waals surface area contributed by atoms with Crippen LogP contribution < -0.4 is 0 Å². The summed E-state index contributed by atoms with van der Waals surface area (Å²) in [5.41, 5.74) is 1.91. The number of rotatable bonds is 4. The van der Waals surface area contributed by atoms with Crippen LogP contribution in [-0.2, 0) is 16.1 Å². The zero-order valence-electron chi connectivity index (χ0n) is 16.3. The van der Waals surface area contributed by atoms with E-state index in [-0.39, 0.29) is 17.7 Å². The molecular formula is C22H28N4O2. The first kappa shape index (κ1) is 17.7. The van der Waals surface area contributed by atoms with Crippen molar-refractivity contribution in [3.8, 4) is 0 Å². The number of aromatic nitrogens is 2. The second-order valence-corrected chi connectivity index (χ2v) is 8.52. The number of nitrogens with zero attached hydrogens (tertiary/aromatic N) is 4. The third kappa shape index (κ3) is 3.09. The molecule has 3 fully saturated rings. The SMILES string of the molecule is O=C(Cn1c(C2CC(=O)N(C3CCCC3)C2)nc2ccccc21)N1CCCC1. The van der Waals surface area contributed by atoms with E-state index < -0.39 is 0 Å². The molecule has 1 saturated carbocycles. The fourth-order valence-electron chi connectivity index (χ4n) is 5.25. The van der Waals surface area contributed by atoms with Gasteiger partial charge in [0.1, 0.15) is 12.4 Å². The van der Waals surface area contributed by atoms with Gasteiger partial charge >= 0.3 is 0 Å². The van der Waals surface area contributed by atoms with Crippen molar-refractivity contribution in [2.75, 3.05) is 19.6 Å². The van der Waals surface area contributed by atoms with E-state index in [1.807, 2.05) is 29.2 Å². The van der Waals surface area contributed by atoms with Gasteiger partial charge in [0, 0.05) is 38.0 Å². The molecule has 3 aliphatic rings. The predicted molar refractivity (Wildman–Crippen MR) is 107 cm³/mol. The number of likely N-dealkylation sites (tertiary alicyclic amines) is 2. The molecule has 1 aromatic carbocycles. The summed E-state index contributed by atoms with van der Waals surface area (Å²) in [6.45, 7) is 2.78. The smallest absolute Gasteiger partial charge is 0.242 e. The molecule has 1 aliphatic carbocycles. The molecule has 0 bridgehead atoms. The van der Waals surface area contributed by atoms with Gasteiger partial charge in [-0.25, -0.2) is 4.98 Å². The number of benzene rings is 1. The van der Waals surface area contributed by atoms with Crippen molar-refractivity contribution >= 4 is 22.8 Å². The van der Waals surface area contributed by atoms with E-state index in [9.17, 15) is 9.59 Å². The maximum atomic E-state index is 12.9. The van der Waals surface area contributed by atoms with E-state index in [0.29, 0.717) is 19.0 Å². The summed E-state index contributed by atoms with van der Waals surface area (Å²) in [7, 11) is 0. The van der Waals surface area contributed by atoms with Crippen LogP contribution in [-0.4, -0.2) is 56.8 Å². The summed E-state index contributed by atoms with van der Waals surface area (Å²) in [5.74, 6) is 1.40. The van der Waals surface area contributed by atoms with Gasteiger partial charge in [0.15, 0.2) is 0 Å². The number of para-hydroxylation sites is 2. The third-order valence-electron chi connectivity index (χ3n) is 6.73. The lowest BCUT2D eigenvalue weighted by molar-refractivity contribution is -0.131. The zero-order chi connectivity index (χ0) is 19.1. The number of fused-ring (bicyclic) bond motifs is 1. The highest BCUT2D eigenvalue weighted by molar-refractivity contribution is 5.83. The van der Waals surface area contributed by atoms with Crippen LogP contribution in [0.4, 0.5) is 0 Å². The molecule has 0 radical (unpaired) electrons. The molecule has 2 aromatic rings. The first-order valence-electron chi connectivity index (χ1n) is 10.7. The fourth-order valence-corrected chi connectivity index (χ4v) is 5.25. The third-order valence-corrected chi connectivity index (χ3v) is 6.73. The quantitative estimate of drug-likeness (QED) is 0.819. The van der Waals surface area contributed by atoms with E-state index in [1.54, 1.807) is 0 Å². The van der Waals surface area contributed by atoms with Crippen LogP contribution in [0.3, 0.4) is 0 Å². The number of hydrogen-bond donors (Lipinski definition) is 0. The van der Waals surface area contributed by atoms with Crippen molar-refractivity contribution < 1.29 is 9.59 Å². The molecule has 6 heteroatoms. The van der Waals surface area contributed by atoms with Crippen molar-refractivity contribution in [3.63, 3.8) is 0 Å². The van der Waals surface area contributed by atoms with Gasteiger partial charge in [0.05, 0.1) is 11.0 Å². The average Bonchev–Trinajstić information content (AvgIpc) is 3.48. The molecule has 1 atom stereocenters. The maximum absolute atomic E-state index is 12.9. The standard InChI is InChI=1S/C22H28N4O2/c27-20-13-16(14-25(20)17-7-1-2-8-17)22-23-18-9-3-4-10-19(18)26(22)15-21(28)24-11-5-6-12-24/h3-4,9-10,16-17H,1-2,5-8,11-15H2. The normalized spacial score (nSPS) is 23.4. The average molecular weight is 380 g/mol. The van der Waals surface area contributed by atoms with E-state index in [0.717, 1.165) is 62.2 Å². The lowest BCUT2D eigenvalue weighted by Gasteiger charge is -2.24. The van der Waals surface area contributed by atoms with Gasteiger partial charge in [-0.3, -0.25) is 9.59 Å². The lowest BCUT2D eigenvalue weighted by Crippen LogP contribution is -2.34. The van der Waals surface area contributed by atoms with Crippen LogP contribution >= 0.6 is 0 Å². The maximum Gasteiger partial charge on any atom is 0.242 e. The van der Waals surface area contributed by atoms with Gasteiger partial charge in [0.2, 0.25) is 11.8 Å². The Kier molecular flexibility index (Phi) is 4.57. The molecule has 0 spiro atoms. The van der Waals surface area contributed by atoms with Crippen LogP contribution in [0.2, 0.25) is 0 Å². The van der Waals surface area contributed by atoms with Crippen molar-refractivity contribution in [3.05, 3.63) is 30.1 Å². The Labute approximate surface area is 165 Å². The Morgan fingerprint density at radius 2 is 1.82 bits per heavy atom. The Bertz CT molecular complexity index is 893. The molecule has 3 heterocycles. The molecule has 148 valence electrons. The minimum atomic E-state index is 0.0758. The van der Waals surface area contributed by atoms with Gasteiger partial charge in [-0.1, -0.05) is 25.0 Å². The topological polar surface area (TPSA) is 58.4 Å². The van der Waals surface area contributed by atoms with Gasteiger partial charge in [-0.2, -0.15) is 0 Å². The van der Waals surface area contributed by atoms with E-state index in [4.69, 9.17) is 4.98 Å². The van der Waals surface area contributed by atoms with Crippen LogP contribution in [0.15, 0.2) is 24.3 Å². The highest BCUT2D eigenvalue weighted by atomic mass is 16.2. The Morgan fingerprint density at radius 1 is 1.07 bits per heavy atom. The van der Waals surface area contributed by atoms with Crippen molar-refractivity contribution in [1.82, 2.24) is 19.4 Å². The summed E-state index contributed by atoms with van der Waals surface area (Å²) < 4.78 is 2.08. The predicted octanol–water partition coefficient (Wildman–Crippen LogP) is 2.92. The monoisotopic (exact) mass is 380 g/mol. The van der Waals surface area contributed by atoms with E-state index in [2.05, 4.69) is 9.47 Å². The molecule has 2 amide bonds. The van der Waals surface area contributed by atoms with E-state index >= 15 is 0 Å². The molecule has 1 aromatic heterocycles. The van der Waals surface area contributed by atoms with Crippen molar-refractivity contribution in [2.45, 2.75) is 63.5 Å². The number of carbonyl (C=O) groups is 2. The largest absolute Gasteiger partial charge is 0.341 e. The Balaban J connectivity index is 1.45. The van der Waals surface area contributed by atoms with Gasteiger partial charge in [-0.05, 0) is 37.8 Å². The van der Waals surface area contributed by atoms with Crippen LogP contribution in [0, 0.1) is 0 Å². The highest BCUT2D eigenvalue weighted by Crippen LogP contribution is 2.35. The summed E-state index contributed by atoms with van der Waals surface area (Å²) >= 11 is 0. The highest BCUT2D eigenvalue weighted by Gasteiger charge is 2.38. The minimum Gasteiger partial charge on any atom is -0.341 e. The molecule has 2 saturated heterocycles. The first-order chi connectivity index (χ1) is 13.7. The first-order valence-corrected chi connectivity index (χ1v) is 10.7. The fraction of sp³-hybridized carbons (Fsp3) is 0.591. The second-order valence-electron chi connectivity index (χ2n) is 8.52. The summed E-state index contributed by atoms with van der Waals surface area (Å²) in [4.78, 5) is 34.5. The summed E-state index contributed by atoms with van der Waals surface area (Å²) in [6.07, 6.45) is 7.40. The molecule has 6 nitrogen and oxygen atoms in total. The molecule has 28 heavy (non-hydrogen) atoms. The second kappa shape index (κ2) is 7.22. The summed E-state index contributed by atoms with van der Waals surface area (Å²) in [6, 6.07) is 8.42.